The summed E-state index contributed by atoms with van der Waals surface area (Å²) >= 11 is 1.53. The molecule has 0 unspecified atom stereocenters. The highest BCUT2D eigenvalue weighted by molar-refractivity contribution is 7.09. The number of aryl methyl sites for hydroxylation is 1. The number of hydrogen-bond donors (Lipinski definition) is 0. The van der Waals surface area contributed by atoms with Gasteiger partial charge in [-0.05, 0) is 19.9 Å². The molecule has 0 aliphatic carbocycles. The van der Waals surface area contributed by atoms with Gasteiger partial charge in [-0.3, -0.25) is 4.90 Å². The summed E-state index contributed by atoms with van der Waals surface area (Å²) in [7, 11) is 0. The van der Waals surface area contributed by atoms with Crippen molar-refractivity contribution in [2.24, 2.45) is 0 Å². The van der Waals surface area contributed by atoms with Crippen LogP contribution in [0.25, 0.3) is 0 Å². The van der Waals surface area contributed by atoms with Crippen LogP contribution in [0.1, 0.15) is 26.1 Å². The number of hydrogen-bond acceptors (Lipinski definition) is 5. The molecule has 5 heteroatoms. The van der Waals surface area contributed by atoms with Gasteiger partial charge in [-0.1, -0.05) is 13.8 Å². The molecule has 0 spiro atoms. The number of aromatic nitrogens is 2. The van der Waals surface area contributed by atoms with E-state index in [0.717, 1.165) is 37.1 Å². The van der Waals surface area contributed by atoms with E-state index < -0.39 is 0 Å². The van der Waals surface area contributed by atoms with Crippen molar-refractivity contribution in [3.05, 3.63) is 5.82 Å². The largest absolute Gasteiger partial charge is 0.341 e. The van der Waals surface area contributed by atoms with Crippen LogP contribution in [-0.2, 0) is 0 Å². The van der Waals surface area contributed by atoms with E-state index >= 15 is 0 Å². The molecule has 16 heavy (non-hydrogen) atoms. The molecule has 0 aromatic carbocycles. The molecule has 0 N–H and O–H groups in total. The van der Waals surface area contributed by atoms with Crippen molar-refractivity contribution >= 4 is 16.7 Å². The SMILES string of the molecule is CC[C@@H]1CN(CC)CCN1c1nc(C)ns1. The first-order chi connectivity index (χ1) is 7.74. The van der Waals surface area contributed by atoms with Gasteiger partial charge >= 0.3 is 0 Å². The second kappa shape index (κ2) is 5.10. The highest BCUT2D eigenvalue weighted by Gasteiger charge is 2.26. The van der Waals surface area contributed by atoms with Gasteiger partial charge in [0.1, 0.15) is 5.82 Å². The molecule has 0 radical (unpaired) electrons. The monoisotopic (exact) mass is 240 g/mol. The van der Waals surface area contributed by atoms with Crippen molar-refractivity contribution in [1.82, 2.24) is 14.3 Å². The summed E-state index contributed by atoms with van der Waals surface area (Å²) in [6.45, 7) is 11.0. The van der Waals surface area contributed by atoms with E-state index in [1.165, 1.54) is 18.0 Å². The zero-order chi connectivity index (χ0) is 11.5. The topological polar surface area (TPSA) is 32.3 Å². The molecule has 1 atom stereocenters. The Morgan fingerprint density at radius 2 is 2.19 bits per heavy atom. The normalized spacial score (nSPS) is 22.7. The van der Waals surface area contributed by atoms with E-state index in [0.29, 0.717) is 6.04 Å². The highest BCUT2D eigenvalue weighted by Crippen LogP contribution is 2.23. The molecule has 2 rings (SSSR count). The van der Waals surface area contributed by atoms with Crippen LogP contribution in [0.3, 0.4) is 0 Å². The van der Waals surface area contributed by atoms with Gasteiger partial charge in [0.2, 0.25) is 5.13 Å². The number of piperazine rings is 1. The lowest BCUT2D eigenvalue weighted by atomic mass is 10.1. The lowest BCUT2D eigenvalue weighted by molar-refractivity contribution is 0.230. The minimum absolute atomic E-state index is 0.598. The van der Waals surface area contributed by atoms with E-state index in [9.17, 15) is 0 Å². The summed E-state index contributed by atoms with van der Waals surface area (Å²) in [4.78, 5) is 9.44. The third kappa shape index (κ3) is 2.35. The van der Waals surface area contributed by atoms with Crippen molar-refractivity contribution in [2.75, 3.05) is 31.1 Å². The molecule has 90 valence electrons. The zero-order valence-corrected chi connectivity index (χ0v) is 11.1. The molecule has 1 aliphatic rings. The van der Waals surface area contributed by atoms with Crippen LogP contribution in [0, 0.1) is 6.92 Å². The predicted octanol–water partition coefficient (Wildman–Crippen LogP) is 1.77. The average molecular weight is 240 g/mol. The minimum Gasteiger partial charge on any atom is -0.341 e. The Morgan fingerprint density at radius 1 is 1.38 bits per heavy atom. The Balaban J connectivity index is 2.09. The van der Waals surface area contributed by atoms with Crippen LogP contribution in [0.5, 0.6) is 0 Å². The van der Waals surface area contributed by atoms with Crippen LogP contribution in [-0.4, -0.2) is 46.5 Å². The number of likely N-dealkylation sites (N-methyl/N-ethyl adjacent to an activating group) is 1. The van der Waals surface area contributed by atoms with Gasteiger partial charge in [-0.2, -0.15) is 4.37 Å². The van der Waals surface area contributed by atoms with Crippen LogP contribution in [0.2, 0.25) is 0 Å². The van der Waals surface area contributed by atoms with Crippen molar-refractivity contribution in [3.63, 3.8) is 0 Å². The van der Waals surface area contributed by atoms with Crippen molar-refractivity contribution in [1.29, 1.82) is 0 Å². The Morgan fingerprint density at radius 3 is 2.75 bits per heavy atom. The first kappa shape index (κ1) is 11.8. The fraction of sp³-hybridized carbons (Fsp3) is 0.818. The van der Waals surface area contributed by atoms with Gasteiger partial charge in [0.25, 0.3) is 0 Å². The van der Waals surface area contributed by atoms with E-state index in [1.54, 1.807) is 0 Å². The molecule has 1 fully saturated rings. The number of rotatable bonds is 3. The summed E-state index contributed by atoms with van der Waals surface area (Å²) < 4.78 is 4.28. The van der Waals surface area contributed by atoms with Gasteiger partial charge in [0.15, 0.2) is 0 Å². The predicted molar refractivity (Wildman–Crippen MR) is 68.2 cm³/mol. The Bertz CT molecular complexity index is 338. The maximum atomic E-state index is 4.50. The highest BCUT2D eigenvalue weighted by atomic mass is 32.1. The summed E-state index contributed by atoms with van der Waals surface area (Å²) in [5, 5.41) is 1.10. The number of anilines is 1. The standard InChI is InChI=1S/C11H20N4S/c1-4-10-8-14(5-2)6-7-15(10)11-12-9(3)13-16-11/h10H,4-8H2,1-3H3/t10-/m1/s1. The van der Waals surface area contributed by atoms with Crippen LogP contribution in [0.4, 0.5) is 5.13 Å². The van der Waals surface area contributed by atoms with Gasteiger partial charge in [0, 0.05) is 37.2 Å². The average Bonchev–Trinajstić information content (AvgIpc) is 2.74. The van der Waals surface area contributed by atoms with Crippen molar-refractivity contribution < 1.29 is 0 Å². The maximum absolute atomic E-state index is 4.50. The molecule has 1 aromatic rings. The zero-order valence-electron chi connectivity index (χ0n) is 10.3. The Hall–Kier alpha value is -0.680. The number of nitrogens with zero attached hydrogens (tertiary/aromatic N) is 4. The van der Waals surface area contributed by atoms with Gasteiger partial charge in [-0.25, -0.2) is 4.98 Å². The summed E-state index contributed by atoms with van der Waals surface area (Å²) in [6, 6.07) is 0.598. The van der Waals surface area contributed by atoms with E-state index in [-0.39, 0.29) is 0 Å². The fourth-order valence-electron chi connectivity index (χ4n) is 2.21. The van der Waals surface area contributed by atoms with E-state index in [1.807, 2.05) is 6.92 Å². The molecule has 1 saturated heterocycles. The first-order valence-corrected chi connectivity index (χ1v) is 6.81. The third-order valence-corrected chi connectivity index (χ3v) is 4.09. The molecule has 2 heterocycles. The second-order valence-electron chi connectivity index (χ2n) is 4.27. The van der Waals surface area contributed by atoms with Gasteiger partial charge < -0.3 is 4.90 Å². The van der Waals surface area contributed by atoms with E-state index in [4.69, 9.17) is 0 Å². The van der Waals surface area contributed by atoms with E-state index in [2.05, 4.69) is 33.0 Å². The van der Waals surface area contributed by atoms with Gasteiger partial charge in [0.05, 0.1) is 0 Å². The smallest absolute Gasteiger partial charge is 0.205 e. The summed E-state index contributed by atoms with van der Waals surface area (Å²) in [5.74, 6) is 0.896. The quantitative estimate of drug-likeness (QED) is 0.806. The second-order valence-corrected chi connectivity index (χ2v) is 5.00. The molecule has 0 amide bonds. The summed E-state index contributed by atoms with van der Waals surface area (Å²) in [6.07, 6.45) is 1.18. The van der Waals surface area contributed by atoms with Crippen LogP contribution >= 0.6 is 11.5 Å². The lowest BCUT2D eigenvalue weighted by Gasteiger charge is -2.40. The first-order valence-electron chi connectivity index (χ1n) is 6.03. The Labute approximate surface area is 101 Å². The molecule has 4 nitrogen and oxygen atoms in total. The lowest BCUT2D eigenvalue weighted by Crippen LogP contribution is -2.52. The van der Waals surface area contributed by atoms with Gasteiger partial charge in [-0.15, -0.1) is 0 Å². The molecular weight excluding hydrogens is 220 g/mol. The van der Waals surface area contributed by atoms with Crippen LogP contribution in [0.15, 0.2) is 0 Å². The Kier molecular flexibility index (Phi) is 3.76. The summed E-state index contributed by atoms with van der Waals surface area (Å²) in [5.41, 5.74) is 0. The fourth-order valence-corrected chi connectivity index (χ4v) is 2.98. The molecule has 0 saturated carbocycles. The molecule has 0 bridgehead atoms. The molecular formula is C11H20N4S. The van der Waals surface area contributed by atoms with Crippen LogP contribution < -0.4 is 4.90 Å². The van der Waals surface area contributed by atoms with Crippen molar-refractivity contribution in [3.8, 4) is 0 Å². The molecule has 1 aromatic heterocycles. The third-order valence-electron chi connectivity index (χ3n) is 3.25. The van der Waals surface area contributed by atoms with Crippen molar-refractivity contribution in [2.45, 2.75) is 33.2 Å². The maximum Gasteiger partial charge on any atom is 0.205 e. The minimum atomic E-state index is 0.598. The molecule has 1 aliphatic heterocycles.